The van der Waals surface area contributed by atoms with Crippen molar-refractivity contribution in [3.63, 3.8) is 0 Å². The summed E-state index contributed by atoms with van der Waals surface area (Å²) in [5.74, 6) is -0.0207. The number of hydrogen-bond acceptors (Lipinski definition) is 3. The third kappa shape index (κ3) is 3.04. The molecule has 5 heteroatoms. The van der Waals surface area contributed by atoms with Crippen molar-refractivity contribution in [2.45, 2.75) is 19.6 Å². The van der Waals surface area contributed by atoms with Crippen LogP contribution in [0.3, 0.4) is 0 Å². The highest BCUT2D eigenvalue weighted by atomic mass is 35.5. The van der Waals surface area contributed by atoms with Gasteiger partial charge in [-0.25, -0.2) is 0 Å². The highest BCUT2D eigenvalue weighted by Gasteiger charge is 2.37. The van der Waals surface area contributed by atoms with E-state index in [9.17, 15) is 4.79 Å². The molecule has 4 nitrogen and oxygen atoms in total. The lowest BCUT2D eigenvalue weighted by Gasteiger charge is -2.26. The lowest BCUT2D eigenvalue weighted by Crippen LogP contribution is -2.32. The first-order valence-corrected chi connectivity index (χ1v) is 8.84. The van der Waals surface area contributed by atoms with Gasteiger partial charge in [0.1, 0.15) is 6.17 Å². The Kier molecular flexibility index (Phi) is 4.35. The Morgan fingerprint density at radius 3 is 2.69 bits per heavy atom. The molecule has 0 saturated carbocycles. The van der Waals surface area contributed by atoms with E-state index < -0.39 is 0 Å². The lowest BCUT2D eigenvalue weighted by molar-refractivity contribution is 0.0728. The first kappa shape index (κ1) is 16.6. The van der Waals surface area contributed by atoms with Gasteiger partial charge in [-0.15, -0.1) is 0 Å². The molecule has 1 atom stereocenters. The van der Waals surface area contributed by atoms with Gasteiger partial charge in [-0.1, -0.05) is 48.0 Å². The summed E-state index contributed by atoms with van der Waals surface area (Å²) < 4.78 is 0. The molecular formula is C21H18ClN3O. The van der Waals surface area contributed by atoms with Crippen molar-refractivity contribution in [2.24, 2.45) is 0 Å². The van der Waals surface area contributed by atoms with Crippen LogP contribution in [0.2, 0.25) is 5.02 Å². The van der Waals surface area contributed by atoms with E-state index in [0.717, 1.165) is 22.5 Å². The zero-order valence-electron chi connectivity index (χ0n) is 14.3. The number of carbonyl (C=O) groups excluding carboxylic acids is 1. The van der Waals surface area contributed by atoms with E-state index in [2.05, 4.69) is 10.3 Å². The summed E-state index contributed by atoms with van der Waals surface area (Å²) in [6.07, 6.45) is 1.38. The molecule has 0 bridgehead atoms. The van der Waals surface area contributed by atoms with E-state index in [1.165, 1.54) is 0 Å². The van der Waals surface area contributed by atoms with E-state index in [1.807, 2.05) is 61.5 Å². The summed E-state index contributed by atoms with van der Waals surface area (Å²) in [6.45, 7) is 2.47. The molecule has 3 aromatic rings. The van der Waals surface area contributed by atoms with Crippen molar-refractivity contribution < 1.29 is 4.79 Å². The minimum absolute atomic E-state index is 0.0207. The van der Waals surface area contributed by atoms with Gasteiger partial charge in [0, 0.05) is 23.5 Å². The number of anilines is 1. The fourth-order valence-corrected chi connectivity index (χ4v) is 3.35. The first-order chi connectivity index (χ1) is 12.6. The average molecular weight is 364 g/mol. The quantitative estimate of drug-likeness (QED) is 0.723. The molecule has 130 valence electrons. The molecule has 0 spiro atoms. The molecule has 1 amide bonds. The normalized spacial score (nSPS) is 15.8. The third-order valence-electron chi connectivity index (χ3n) is 4.57. The average Bonchev–Trinajstić information content (AvgIpc) is 2.92. The predicted molar refractivity (Wildman–Crippen MR) is 103 cm³/mol. The second-order valence-electron chi connectivity index (χ2n) is 6.37. The minimum atomic E-state index is -0.335. The van der Waals surface area contributed by atoms with Crippen LogP contribution >= 0.6 is 11.6 Å². The molecule has 1 N–H and O–H groups in total. The van der Waals surface area contributed by atoms with Gasteiger partial charge in [0.05, 0.1) is 11.3 Å². The summed E-state index contributed by atoms with van der Waals surface area (Å²) in [5.41, 5.74) is 4.32. The van der Waals surface area contributed by atoms with Crippen molar-refractivity contribution >= 4 is 23.2 Å². The van der Waals surface area contributed by atoms with Crippen LogP contribution in [0.25, 0.3) is 0 Å². The molecule has 1 aliphatic heterocycles. The summed E-state index contributed by atoms with van der Waals surface area (Å²) in [7, 11) is 0. The van der Waals surface area contributed by atoms with Crippen molar-refractivity contribution in [3.8, 4) is 0 Å². The van der Waals surface area contributed by atoms with Gasteiger partial charge >= 0.3 is 0 Å². The van der Waals surface area contributed by atoms with E-state index in [4.69, 9.17) is 11.6 Å². The molecule has 0 unspecified atom stereocenters. The summed E-state index contributed by atoms with van der Waals surface area (Å²) >= 11 is 6.26. The number of fused-ring (bicyclic) bond motifs is 1. The SMILES string of the molecule is Cc1ccc(N[C@@H]2c3ncccc3C(=O)N2Cc2ccccc2)cc1Cl. The highest BCUT2D eigenvalue weighted by Crippen LogP contribution is 2.34. The van der Waals surface area contributed by atoms with Crippen LogP contribution in [0.1, 0.15) is 33.3 Å². The molecule has 4 rings (SSSR count). The largest absolute Gasteiger partial charge is 0.360 e. The van der Waals surface area contributed by atoms with E-state index in [-0.39, 0.29) is 12.1 Å². The molecule has 2 aromatic carbocycles. The van der Waals surface area contributed by atoms with Crippen molar-refractivity contribution in [1.82, 2.24) is 9.88 Å². The lowest BCUT2D eigenvalue weighted by atomic mass is 10.2. The van der Waals surface area contributed by atoms with Crippen molar-refractivity contribution in [3.05, 3.63) is 94.3 Å². The second kappa shape index (κ2) is 6.81. The van der Waals surface area contributed by atoms with Crippen LogP contribution < -0.4 is 5.32 Å². The monoisotopic (exact) mass is 363 g/mol. The van der Waals surface area contributed by atoms with Gasteiger partial charge in [-0.3, -0.25) is 9.78 Å². The van der Waals surface area contributed by atoms with Crippen molar-refractivity contribution in [2.75, 3.05) is 5.32 Å². The highest BCUT2D eigenvalue weighted by molar-refractivity contribution is 6.31. The number of nitrogens with one attached hydrogen (secondary N) is 1. The summed E-state index contributed by atoms with van der Waals surface area (Å²) in [6, 6.07) is 19.4. The van der Waals surface area contributed by atoms with Gasteiger partial charge < -0.3 is 10.2 Å². The number of halogens is 1. The summed E-state index contributed by atoms with van der Waals surface area (Å²) in [4.78, 5) is 19.2. The fraction of sp³-hybridized carbons (Fsp3) is 0.143. The maximum Gasteiger partial charge on any atom is 0.258 e. The fourth-order valence-electron chi connectivity index (χ4n) is 3.17. The molecule has 0 radical (unpaired) electrons. The molecule has 0 saturated heterocycles. The van der Waals surface area contributed by atoms with Crippen LogP contribution in [-0.2, 0) is 6.54 Å². The van der Waals surface area contributed by atoms with Crippen LogP contribution in [0, 0.1) is 6.92 Å². The predicted octanol–water partition coefficient (Wildman–Crippen LogP) is 4.81. The van der Waals surface area contributed by atoms with Crippen LogP contribution in [0.15, 0.2) is 66.9 Å². The number of carbonyl (C=O) groups is 1. The third-order valence-corrected chi connectivity index (χ3v) is 4.98. The van der Waals surface area contributed by atoms with Gasteiger partial charge in [0.2, 0.25) is 0 Å². The topological polar surface area (TPSA) is 45.2 Å². The number of aryl methyl sites for hydroxylation is 1. The maximum absolute atomic E-state index is 12.9. The molecular weight excluding hydrogens is 346 g/mol. The van der Waals surface area contributed by atoms with E-state index >= 15 is 0 Å². The minimum Gasteiger partial charge on any atom is -0.360 e. The molecule has 26 heavy (non-hydrogen) atoms. The van der Waals surface area contributed by atoms with Gasteiger partial charge in [-0.05, 0) is 42.3 Å². The Bertz CT molecular complexity index is 958. The van der Waals surface area contributed by atoms with Crippen LogP contribution in [0.5, 0.6) is 0 Å². The smallest absolute Gasteiger partial charge is 0.258 e. The van der Waals surface area contributed by atoms with Gasteiger partial charge in [-0.2, -0.15) is 0 Å². The number of aromatic nitrogens is 1. The molecule has 0 aliphatic carbocycles. The Labute approximate surface area is 157 Å². The number of pyridine rings is 1. The molecule has 1 aliphatic rings. The Balaban J connectivity index is 1.69. The first-order valence-electron chi connectivity index (χ1n) is 8.46. The van der Waals surface area contributed by atoms with Crippen molar-refractivity contribution in [1.29, 1.82) is 0 Å². The Hall–Kier alpha value is -2.85. The second-order valence-corrected chi connectivity index (χ2v) is 6.77. The maximum atomic E-state index is 12.9. The number of benzene rings is 2. The Morgan fingerprint density at radius 1 is 1.12 bits per heavy atom. The van der Waals surface area contributed by atoms with E-state index in [0.29, 0.717) is 17.1 Å². The zero-order valence-corrected chi connectivity index (χ0v) is 15.1. The molecule has 1 aromatic heterocycles. The molecule has 2 heterocycles. The van der Waals surface area contributed by atoms with Crippen LogP contribution in [-0.4, -0.2) is 15.8 Å². The number of nitrogens with zero attached hydrogens (tertiary/aromatic N) is 2. The Morgan fingerprint density at radius 2 is 1.92 bits per heavy atom. The number of amides is 1. The summed E-state index contributed by atoms with van der Waals surface area (Å²) in [5, 5.41) is 4.11. The zero-order chi connectivity index (χ0) is 18.1. The number of hydrogen-bond donors (Lipinski definition) is 1. The number of rotatable bonds is 4. The van der Waals surface area contributed by atoms with Crippen LogP contribution in [0.4, 0.5) is 5.69 Å². The van der Waals surface area contributed by atoms with Gasteiger partial charge in [0.15, 0.2) is 0 Å². The standard InChI is InChI=1S/C21H18ClN3O/c1-14-9-10-16(12-18(14)22)24-20-19-17(8-5-11-23-19)21(26)25(20)13-15-6-3-2-4-7-15/h2-12,20,24H,13H2,1H3/t20-/m0/s1. The van der Waals surface area contributed by atoms with E-state index in [1.54, 1.807) is 17.2 Å². The van der Waals surface area contributed by atoms with Gasteiger partial charge in [0.25, 0.3) is 5.91 Å². The molecule has 0 fully saturated rings.